The summed E-state index contributed by atoms with van der Waals surface area (Å²) >= 11 is 1.62. The number of halogens is 1. The number of hydrogen-bond acceptors (Lipinski definition) is 4. The molecule has 0 bridgehead atoms. The van der Waals surface area contributed by atoms with Crippen LogP contribution in [0.2, 0.25) is 0 Å². The summed E-state index contributed by atoms with van der Waals surface area (Å²) in [6.07, 6.45) is -1.19. The van der Waals surface area contributed by atoms with Crippen LogP contribution < -0.4 is 17.1 Å². The van der Waals surface area contributed by atoms with Crippen molar-refractivity contribution < 1.29 is 31.8 Å². The highest BCUT2D eigenvalue weighted by Crippen LogP contribution is 2.49. The third kappa shape index (κ3) is 4.53. The first kappa shape index (κ1) is 21.1. The second-order valence-corrected chi connectivity index (χ2v) is 8.66. The molecular weight excluding hydrogens is 370 g/mol. The Morgan fingerprint density at radius 2 is 1.85 bits per heavy atom. The number of likely N-dealkylation sites (N-methyl/N-ethyl adjacent to an activating group) is 1. The van der Waals surface area contributed by atoms with Crippen molar-refractivity contribution in [2.24, 2.45) is 0 Å². The van der Waals surface area contributed by atoms with E-state index in [1.165, 1.54) is 0 Å². The predicted octanol–water partition coefficient (Wildman–Crippen LogP) is -0.00878. The standard InChI is InChI=1S/C20H26NO3S.ClH/c1-13-9-10-16(24-12-14(22)11-21(2,3)4)20-18(13)19(23)15-7-5-6-8-17(15)25-20;/h5-10,14,19,22-23H,11-12H2,1-4H3;1H/q+1;/p-1. The van der Waals surface area contributed by atoms with Crippen LogP contribution in [0.25, 0.3) is 0 Å². The summed E-state index contributed by atoms with van der Waals surface area (Å²) in [5, 5.41) is 21.0. The number of nitrogens with zero attached hydrogens (tertiary/aromatic N) is 1. The van der Waals surface area contributed by atoms with Crippen molar-refractivity contribution in [2.45, 2.75) is 28.9 Å². The molecule has 1 aliphatic rings. The summed E-state index contributed by atoms with van der Waals surface area (Å²) < 4.78 is 6.62. The van der Waals surface area contributed by atoms with Crippen LogP contribution in [0.4, 0.5) is 0 Å². The van der Waals surface area contributed by atoms with E-state index in [-0.39, 0.29) is 19.0 Å². The summed E-state index contributed by atoms with van der Waals surface area (Å²) in [4.78, 5) is 1.99. The number of ether oxygens (including phenoxy) is 1. The maximum Gasteiger partial charge on any atom is 0.137 e. The van der Waals surface area contributed by atoms with Crippen molar-refractivity contribution in [1.29, 1.82) is 0 Å². The van der Waals surface area contributed by atoms with Gasteiger partial charge in [-0.2, -0.15) is 0 Å². The average Bonchev–Trinajstić information content (AvgIpc) is 2.52. The Labute approximate surface area is 165 Å². The zero-order chi connectivity index (χ0) is 18.2. The molecule has 142 valence electrons. The number of rotatable bonds is 5. The Hall–Kier alpha value is -1.24. The highest BCUT2D eigenvalue weighted by molar-refractivity contribution is 7.99. The van der Waals surface area contributed by atoms with Gasteiger partial charge in [0.1, 0.15) is 31.1 Å². The Kier molecular flexibility index (Phi) is 6.64. The molecule has 2 aromatic rings. The fourth-order valence-electron chi connectivity index (χ4n) is 3.17. The molecule has 1 heterocycles. The van der Waals surface area contributed by atoms with Gasteiger partial charge in [0.25, 0.3) is 0 Å². The molecule has 2 atom stereocenters. The number of hydrogen-bond donors (Lipinski definition) is 2. The summed E-state index contributed by atoms with van der Waals surface area (Å²) in [5.74, 6) is 0.722. The zero-order valence-corrected chi connectivity index (χ0v) is 17.1. The van der Waals surface area contributed by atoms with E-state index in [1.807, 2.05) is 64.5 Å². The van der Waals surface area contributed by atoms with Gasteiger partial charge in [0.2, 0.25) is 0 Å². The zero-order valence-electron chi connectivity index (χ0n) is 15.6. The number of benzene rings is 2. The van der Waals surface area contributed by atoms with Crippen molar-refractivity contribution in [1.82, 2.24) is 0 Å². The van der Waals surface area contributed by atoms with Crippen molar-refractivity contribution in [3.05, 3.63) is 53.1 Å². The number of aliphatic hydroxyl groups excluding tert-OH is 2. The first-order valence-corrected chi connectivity index (χ1v) is 9.27. The molecule has 4 nitrogen and oxygen atoms in total. The lowest BCUT2D eigenvalue weighted by molar-refractivity contribution is -0.873. The fourth-order valence-corrected chi connectivity index (χ4v) is 4.45. The van der Waals surface area contributed by atoms with Crippen LogP contribution in [0.3, 0.4) is 0 Å². The number of aliphatic hydroxyl groups is 2. The third-order valence-electron chi connectivity index (χ3n) is 4.27. The van der Waals surface area contributed by atoms with Crippen LogP contribution in [-0.2, 0) is 0 Å². The van der Waals surface area contributed by atoms with E-state index >= 15 is 0 Å². The lowest BCUT2D eigenvalue weighted by Crippen LogP contribution is -3.00. The average molecular weight is 396 g/mol. The Morgan fingerprint density at radius 1 is 1.15 bits per heavy atom. The van der Waals surface area contributed by atoms with Crippen molar-refractivity contribution >= 4 is 11.8 Å². The fraction of sp³-hybridized carbons (Fsp3) is 0.400. The van der Waals surface area contributed by atoms with E-state index in [4.69, 9.17) is 4.74 Å². The largest absolute Gasteiger partial charge is 1.00 e. The second-order valence-electron chi connectivity index (χ2n) is 7.60. The van der Waals surface area contributed by atoms with E-state index < -0.39 is 12.2 Å². The van der Waals surface area contributed by atoms with E-state index in [2.05, 4.69) is 0 Å². The molecule has 0 saturated carbocycles. The minimum absolute atomic E-state index is 0. The van der Waals surface area contributed by atoms with Gasteiger partial charge in [-0.05, 0) is 30.2 Å². The van der Waals surface area contributed by atoms with Crippen LogP contribution >= 0.6 is 11.8 Å². The third-order valence-corrected chi connectivity index (χ3v) is 5.48. The molecule has 0 radical (unpaired) electrons. The molecule has 26 heavy (non-hydrogen) atoms. The first-order valence-electron chi connectivity index (χ1n) is 8.46. The summed E-state index contributed by atoms with van der Waals surface area (Å²) in [7, 11) is 6.13. The van der Waals surface area contributed by atoms with E-state index in [0.29, 0.717) is 11.0 Å². The minimum Gasteiger partial charge on any atom is -1.00 e. The number of fused-ring (bicyclic) bond motifs is 2. The SMILES string of the molecule is Cc1ccc(OCC(O)C[N+](C)(C)C)c2c1C(O)c1ccccc1S2.[Cl-]. The predicted molar refractivity (Wildman–Crippen MR) is 100 cm³/mol. The molecule has 0 amide bonds. The van der Waals surface area contributed by atoms with Gasteiger partial charge in [-0.1, -0.05) is 36.0 Å². The van der Waals surface area contributed by atoms with Crippen LogP contribution in [0, 0.1) is 6.92 Å². The first-order chi connectivity index (χ1) is 11.8. The maximum absolute atomic E-state index is 10.8. The van der Waals surface area contributed by atoms with Gasteiger partial charge in [-0.25, -0.2) is 0 Å². The van der Waals surface area contributed by atoms with Gasteiger partial charge in [0.05, 0.1) is 26.0 Å². The van der Waals surface area contributed by atoms with Crippen LogP contribution in [-0.4, -0.2) is 55.1 Å². The molecule has 2 N–H and O–H groups in total. The molecule has 2 unspecified atom stereocenters. The molecule has 6 heteroatoms. The Morgan fingerprint density at radius 3 is 2.54 bits per heavy atom. The molecule has 0 saturated heterocycles. The minimum atomic E-state index is -0.646. The van der Waals surface area contributed by atoms with Gasteiger partial charge in [-0.15, -0.1) is 0 Å². The maximum atomic E-state index is 10.8. The highest BCUT2D eigenvalue weighted by atomic mass is 35.5. The Bertz CT molecular complexity index is 776. The molecule has 0 fully saturated rings. The van der Waals surface area contributed by atoms with Gasteiger partial charge < -0.3 is 31.8 Å². The molecule has 3 rings (SSSR count). The number of quaternary nitrogens is 1. The lowest BCUT2D eigenvalue weighted by Gasteiger charge is -2.29. The summed E-state index contributed by atoms with van der Waals surface area (Å²) in [5.41, 5.74) is 2.89. The number of aryl methyl sites for hydroxylation is 1. The topological polar surface area (TPSA) is 49.7 Å². The monoisotopic (exact) mass is 395 g/mol. The summed E-state index contributed by atoms with van der Waals surface area (Å²) in [6.45, 7) is 2.86. The van der Waals surface area contributed by atoms with Gasteiger partial charge >= 0.3 is 0 Å². The van der Waals surface area contributed by atoms with Crippen LogP contribution in [0.5, 0.6) is 5.75 Å². The highest BCUT2D eigenvalue weighted by Gasteiger charge is 2.28. The molecule has 0 spiro atoms. The van der Waals surface area contributed by atoms with Gasteiger partial charge in [0, 0.05) is 10.5 Å². The molecule has 0 aliphatic carbocycles. The van der Waals surface area contributed by atoms with Crippen molar-refractivity contribution in [3.63, 3.8) is 0 Å². The van der Waals surface area contributed by atoms with Crippen molar-refractivity contribution in [3.8, 4) is 5.75 Å². The normalized spacial score (nSPS) is 16.9. The Balaban J connectivity index is 0.00000243. The van der Waals surface area contributed by atoms with Gasteiger partial charge in [0.15, 0.2) is 0 Å². The van der Waals surface area contributed by atoms with Crippen LogP contribution in [0.1, 0.15) is 22.8 Å². The molecule has 2 aromatic carbocycles. The molecular formula is C20H26ClNO3S. The lowest BCUT2D eigenvalue weighted by atomic mass is 9.96. The van der Waals surface area contributed by atoms with E-state index in [1.54, 1.807) is 11.8 Å². The second kappa shape index (κ2) is 8.19. The van der Waals surface area contributed by atoms with Crippen LogP contribution in [0.15, 0.2) is 46.2 Å². The summed E-state index contributed by atoms with van der Waals surface area (Å²) in [6, 6.07) is 11.8. The quantitative estimate of drug-likeness (QED) is 0.699. The molecule has 1 aliphatic heterocycles. The van der Waals surface area contributed by atoms with E-state index in [0.717, 1.165) is 32.2 Å². The van der Waals surface area contributed by atoms with E-state index in [9.17, 15) is 10.2 Å². The molecule has 0 aromatic heterocycles. The van der Waals surface area contributed by atoms with Gasteiger partial charge in [-0.3, -0.25) is 0 Å². The van der Waals surface area contributed by atoms with Crippen molar-refractivity contribution in [2.75, 3.05) is 34.3 Å². The smallest absolute Gasteiger partial charge is 0.137 e.